The predicted molar refractivity (Wildman–Crippen MR) is 241 cm³/mol. The summed E-state index contributed by atoms with van der Waals surface area (Å²) in [5.74, 6) is -9.16. The summed E-state index contributed by atoms with van der Waals surface area (Å²) in [5, 5.41) is 29.0. The molecule has 28 nitrogen and oxygen atoms in total. The predicted octanol–water partition coefficient (Wildman–Crippen LogP) is -7.12. The normalized spacial score (nSPS) is 14.8. The van der Waals surface area contributed by atoms with E-state index in [1.165, 1.54) is 34.6 Å². The van der Waals surface area contributed by atoms with Gasteiger partial charge in [0.05, 0.1) is 6.04 Å². The maximum atomic E-state index is 13.7. The number of carbonyl (C=O) groups is 10. The Bertz CT molecular complexity index is 1740. The Morgan fingerprint density at radius 2 is 0.758 bits per heavy atom. The Balaban J connectivity index is 5.94. The highest BCUT2D eigenvalue weighted by Gasteiger charge is 2.32. The van der Waals surface area contributed by atoms with Gasteiger partial charge in [-0.2, -0.15) is 0 Å². The van der Waals surface area contributed by atoms with Crippen molar-refractivity contribution in [1.29, 1.82) is 0 Å². The number of nitrogens with one attached hydrogen (secondary N) is 8. The van der Waals surface area contributed by atoms with Crippen LogP contribution in [-0.4, -0.2) is 150 Å². The average molecular weight is 942 g/mol. The molecule has 374 valence electrons. The van der Waals surface area contributed by atoms with Crippen LogP contribution in [0.3, 0.4) is 0 Å². The van der Waals surface area contributed by atoms with Crippen molar-refractivity contribution in [1.82, 2.24) is 42.5 Å². The monoisotopic (exact) mass is 942 g/mol. The van der Waals surface area contributed by atoms with Gasteiger partial charge in [-0.25, -0.2) is 4.79 Å². The number of hydrogen-bond donors (Lipinski definition) is 16. The third-order valence-electron chi connectivity index (χ3n) is 9.45. The molecule has 0 spiro atoms. The Morgan fingerprint density at radius 1 is 0.439 bits per heavy atom. The van der Waals surface area contributed by atoms with Gasteiger partial charge >= 0.3 is 5.97 Å². The highest BCUT2D eigenvalue weighted by atomic mass is 16.4. The van der Waals surface area contributed by atoms with Gasteiger partial charge in [0.15, 0.2) is 11.9 Å². The number of primary amides is 1. The van der Waals surface area contributed by atoms with E-state index in [0.29, 0.717) is 19.4 Å². The standard InChI is InChI=1S/C38H71N17O11/c1-18(40)28(57)52-23(10-6-7-15-39)33(62)50-19(2)29(58)48-21(4)31(60)53-24(11-8-16-46-37(42)43)35(64)54-25(13-14-27(41)56)34(63)51-20(3)30(59)49-22(5)32(61)55-26(36(65)66)12-9-17-47-38(44)45/h18-26H,6-17,39-40H2,1-5H3,(H2,41,56)(H,48,58)(H,49,59)(H,50,62)(H,51,63)(H,52,57)(H,53,60)(H,54,64)(H,55,61)(H,65,66)(H4,42,43,46)(H4,44,45,47)/t18-,19-,20-,21-,22-,23-,24-,25-,26-/m0/s1. The second-order valence-corrected chi connectivity index (χ2v) is 15.5. The van der Waals surface area contributed by atoms with Crippen LogP contribution in [0.1, 0.15) is 92.4 Å². The molecule has 9 atom stereocenters. The topological polar surface area (TPSA) is 494 Å². The Morgan fingerprint density at radius 3 is 1.14 bits per heavy atom. The summed E-state index contributed by atoms with van der Waals surface area (Å²) in [6.45, 7) is 7.11. The van der Waals surface area contributed by atoms with E-state index in [9.17, 15) is 53.1 Å². The van der Waals surface area contributed by atoms with Gasteiger partial charge in [0.25, 0.3) is 0 Å². The lowest BCUT2D eigenvalue weighted by atomic mass is 10.1. The molecule has 0 saturated heterocycles. The van der Waals surface area contributed by atoms with E-state index >= 15 is 0 Å². The Labute approximate surface area is 382 Å². The minimum Gasteiger partial charge on any atom is -0.480 e. The first-order valence-corrected chi connectivity index (χ1v) is 21.3. The molecule has 28 heteroatoms. The van der Waals surface area contributed by atoms with Crippen LogP contribution >= 0.6 is 0 Å². The molecule has 9 amide bonds. The molecule has 0 rings (SSSR count). The number of rotatable bonds is 32. The van der Waals surface area contributed by atoms with Gasteiger partial charge in [0.2, 0.25) is 53.2 Å². The van der Waals surface area contributed by atoms with Crippen LogP contribution in [0.5, 0.6) is 0 Å². The summed E-state index contributed by atoms with van der Waals surface area (Å²) in [6, 6.07) is -11.3. The number of guanidine groups is 2. The molecule has 0 heterocycles. The Hall–Kier alpha value is -6.84. The third-order valence-corrected chi connectivity index (χ3v) is 9.45. The number of carbonyl (C=O) groups excluding carboxylic acids is 9. The Kier molecular flexibility index (Phi) is 27.9. The molecule has 0 aliphatic rings. The van der Waals surface area contributed by atoms with Crippen LogP contribution in [0, 0.1) is 0 Å². The molecule has 0 aromatic heterocycles. The lowest BCUT2D eigenvalue weighted by molar-refractivity contribution is -0.142. The van der Waals surface area contributed by atoms with Crippen LogP contribution < -0.4 is 82.7 Å². The maximum absolute atomic E-state index is 13.7. The molecule has 0 bridgehead atoms. The molecule has 23 N–H and O–H groups in total. The number of carboxylic acids is 1. The number of aliphatic carboxylic acids is 1. The van der Waals surface area contributed by atoms with Gasteiger partial charge in [-0.15, -0.1) is 0 Å². The van der Waals surface area contributed by atoms with Crippen LogP contribution in [0.25, 0.3) is 0 Å². The summed E-state index contributed by atoms with van der Waals surface area (Å²) < 4.78 is 0. The SMILES string of the molecule is C[C@H](N)C(=O)N[C@@H](CCCCN)C(=O)N[C@@H](C)C(=O)N[C@@H](C)C(=O)N[C@@H](CCCN=C(N)N)C(=O)N[C@@H](CCC(N)=O)C(=O)N[C@@H](C)C(=O)N[C@@H](C)C(=O)N[C@@H](CCCN=C(N)N)C(=O)O. The fourth-order valence-electron chi connectivity index (χ4n) is 5.59. The largest absolute Gasteiger partial charge is 0.480 e. The number of amides is 9. The number of nitrogens with zero attached hydrogens (tertiary/aromatic N) is 2. The number of unbranched alkanes of at least 4 members (excludes halogenated alkanes) is 1. The lowest BCUT2D eigenvalue weighted by Gasteiger charge is -2.26. The van der Waals surface area contributed by atoms with Crippen molar-refractivity contribution in [3.8, 4) is 0 Å². The lowest BCUT2D eigenvalue weighted by Crippen LogP contribution is -2.59. The van der Waals surface area contributed by atoms with Crippen molar-refractivity contribution in [3.63, 3.8) is 0 Å². The van der Waals surface area contributed by atoms with Crippen LogP contribution in [0.2, 0.25) is 0 Å². The van der Waals surface area contributed by atoms with Crippen molar-refractivity contribution in [3.05, 3.63) is 0 Å². The molecule has 0 unspecified atom stereocenters. The molecule has 0 saturated carbocycles. The van der Waals surface area contributed by atoms with Gasteiger partial charge in [0.1, 0.15) is 48.3 Å². The minimum absolute atomic E-state index is 0.0222. The van der Waals surface area contributed by atoms with Gasteiger partial charge in [-0.1, -0.05) is 0 Å². The van der Waals surface area contributed by atoms with Gasteiger partial charge in [0, 0.05) is 19.5 Å². The van der Waals surface area contributed by atoms with Crippen molar-refractivity contribution in [2.24, 2.45) is 50.1 Å². The number of aliphatic imine (C=N–C) groups is 2. The fourth-order valence-corrected chi connectivity index (χ4v) is 5.59. The zero-order valence-corrected chi connectivity index (χ0v) is 38.1. The highest BCUT2D eigenvalue weighted by Crippen LogP contribution is 2.06. The van der Waals surface area contributed by atoms with Crippen molar-refractivity contribution in [2.45, 2.75) is 147 Å². The molecule has 0 radical (unpaired) electrons. The first kappa shape index (κ1) is 59.2. The summed E-state index contributed by atoms with van der Waals surface area (Å²) in [4.78, 5) is 136. The van der Waals surface area contributed by atoms with Crippen molar-refractivity contribution >= 4 is 71.1 Å². The molecular formula is C38H71N17O11. The van der Waals surface area contributed by atoms with Crippen molar-refractivity contribution in [2.75, 3.05) is 19.6 Å². The van der Waals surface area contributed by atoms with E-state index in [0.717, 1.165) is 0 Å². The number of nitrogens with two attached hydrogens (primary N) is 7. The second-order valence-electron chi connectivity index (χ2n) is 15.5. The molecule has 0 aliphatic carbocycles. The number of hydrogen-bond acceptors (Lipinski definition) is 14. The fraction of sp³-hybridized carbons (Fsp3) is 0.684. The molecule has 0 aromatic carbocycles. The summed E-state index contributed by atoms with van der Waals surface area (Å²) in [7, 11) is 0. The van der Waals surface area contributed by atoms with Gasteiger partial charge in [-0.05, 0) is 92.5 Å². The van der Waals surface area contributed by atoms with E-state index in [1.807, 2.05) is 0 Å². The van der Waals surface area contributed by atoms with E-state index in [1.54, 1.807) is 0 Å². The van der Waals surface area contributed by atoms with E-state index in [4.69, 9.17) is 40.1 Å². The third kappa shape index (κ3) is 24.9. The van der Waals surface area contributed by atoms with Gasteiger partial charge < -0.3 is 87.8 Å². The van der Waals surface area contributed by atoms with Gasteiger partial charge in [-0.3, -0.25) is 53.1 Å². The molecule has 66 heavy (non-hydrogen) atoms. The van der Waals surface area contributed by atoms with Crippen LogP contribution in [0.4, 0.5) is 0 Å². The summed E-state index contributed by atoms with van der Waals surface area (Å²) >= 11 is 0. The van der Waals surface area contributed by atoms with E-state index in [-0.39, 0.29) is 63.5 Å². The van der Waals surface area contributed by atoms with E-state index < -0.39 is 120 Å². The maximum Gasteiger partial charge on any atom is 0.326 e. The zero-order valence-electron chi connectivity index (χ0n) is 38.1. The first-order valence-electron chi connectivity index (χ1n) is 21.3. The summed E-state index contributed by atoms with van der Waals surface area (Å²) in [6.07, 6.45) is 0.717. The average Bonchev–Trinajstić information content (AvgIpc) is 3.22. The minimum atomic E-state index is -1.51. The number of carboxylic acid groups (broad SMARTS) is 1. The van der Waals surface area contributed by atoms with Crippen LogP contribution in [0.15, 0.2) is 9.98 Å². The molecule has 0 fully saturated rings. The smallest absolute Gasteiger partial charge is 0.326 e. The highest BCUT2D eigenvalue weighted by molar-refractivity contribution is 5.98. The molecule has 0 aromatic rings. The first-order chi connectivity index (χ1) is 30.8. The van der Waals surface area contributed by atoms with Crippen molar-refractivity contribution < 1.29 is 53.1 Å². The van der Waals surface area contributed by atoms with E-state index in [2.05, 4.69) is 52.5 Å². The zero-order chi connectivity index (χ0) is 50.7. The summed E-state index contributed by atoms with van der Waals surface area (Å²) in [5.41, 5.74) is 37.8. The molecular weight excluding hydrogens is 871 g/mol. The molecule has 0 aliphatic heterocycles. The van der Waals surface area contributed by atoms with Crippen LogP contribution in [-0.2, 0) is 47.9 Å². The quantitative estimate of drug-likeness (QED) is 0.0169. The second kappa shape index (κ2) is 31.1.